The van der Waals surface area contributed by atoms with Crippen molar-refractivity contribution in [1.82, 2.24) is 9.13 Å². The molecule has 0 fully saturated rings. The van der Waals surface area contributed by atoms with E-state index in [4.69, 9.17) is 0 Å². The Hall–Kier alpha value is -2.82. The summed E-state index contributed by atoms with van der Waals surface area (Å²) in [5.74, 6) is -0.214. The second-order valence-corrected chi connectivity index (χ2v) is 5.58. The van der Waals surface area contributed by atoms with Crippen molar-refractivity contribution < 1.29 is 4.79 Å². The highest BCUT2D eigenvalue weighted by Gasteiger charge is 2.09. The molecule has 0 bridgehead atoms. The molecule has 1 N–H and O–H groups in total. The molecule has 0 saturated carbocycles. The predicted molar refractivity (Wildman–Crippen MR) is 91.6 cm³/mol. The number of aryl methyl sites for hydroxylation is 2. The minimum absolute atomic E-state index is 0.00366. The lowest BCUT2D eigenvalue weighted by molar-refractivity contribution is -0.116. The Balaban J connectivity index is 1.81. The summed E-state index contributed by atoms with van der Waals surface area (Å²) >= 11 is 0. The van der Waals surface area contributed by atoms with Crippen LogP contribution in [0.3, 0.4) is 0 Å². The van der Waals surface area contributed by atoms with Crippen molar-refractivity contribution in [3.05, 3.63) is 64.7 Å². The van der Waals surface area contributed by atoms with Crippen LogP contribution in [-0.2, 0) is 24.8 Å². The monoisotopic (exact) mass is 309 g/mol. The van der Waals surface area contributed by atoms with E-state index >= 15 is 0 Å². The Morgan fingerprint density at radius 3 is 2.74 bits per heavy atom. The van der Waals surface area contributed by atoms with E-state index in [0.29, 0.717) is 5.52 Å². The molecule has 0 aliphatic rings. The van der Waals surface area contributed by atoms with Gasteiger partial charge < -0.3 is 14.5 Å². The fraction of sp³-hybridized carbons (Fsp3) is 0.222. The largest absolute Gasteiger partial charge is 0.346 e. The Kier molecular flexibility index (Phi) is 4.02. The number of amides is 1. The Labute approximate surface area is 134 Å². The van der Waals surface area contributed by atoms with Gasteiger partial charge in [0.15, 0.2) is 0 Å². The van der Waals surface area contributed by atoms with E-state index in [9.17, 15) is 9.59 Å². The zero-order valence-electron chi connectivity index (χ0n) is 13.2. The van der Waals surface area contributed by atoms with Gasteiger partial charge in [0.2, 0.25) is 5.91 Å². The fourth-order valence-corrected chi connectivity index (χ4v) is 2.68. The number of hydrogen-bond acceptors (Lipinski definition) is 2. The molecular formula is C18H19N3O2. The van der Waals surface area contributed by atoms with Crippen LogP contribution in [0.15, 0.2) is 53.6 Å². The molecule has 1 amide bonds. The molecule has 0 unspecified atom stereocenters. The van der Waals surface area contributed by atoms with Crippen LogP contribution < -0.4 is 10.9 Å². The van der Waals surface area contributed by atoms with Crippen molar-refractivity contribution in [2.75, 3.05) is 5.32 Å². The van der Waals surface area contributed by atoms with Gasteiger partial charge in [0.05, 0.1) is 0 Å². The average molecular weight is 309 g/mol. The molecule has 23 heavy (non-hydrogen) atoms. The summed E-state index contributed by atoms with van der Waals surface area (Å²) in [5, 5.41) is 3.72. The molecule has 3 aromatic rings. The van der Waals surface area contributed by atoms with E-state index in [1.807, 2.05) is 49.6 Å². The number of carbonyl (C=O) groups is 1. The van der Waals surface area contributed by atoms with Gasteiger partial charge in [0, 0.05) is 30.5 Å². The molecule has 2 aromatic heterocycles. The van der Waals surface area contributed by atoms with E-state index < -0.39 is 0 Å². The number of nitrogens with one attached hydrogen (secondary N) is 1. The molecule has 0 saturated heterocycles. The van der Waals surface area contributed by atoms with Crippen molar-refractivity contribution in [1.29, 1.82) is 0 Å². The van der Waals surface area contributed by atoms with Crippen molar-refractivity contribution >= 4 is 22.5 Å². The zero-order valence-corrected chi connectivity index (χ0v) is 13.2. The number of hydrogen-bond donors (Lipinski definition) is 1. The molecule has 0 radical (unpaired) electrons. The minimum atomic E-state index is -0.214. The lowest BCUT2D eigenvalue weighted by Crippen LogP contribution is -2.27. The van der Waals surface area contributed by atoms with Gasteiger partial charge in [-0.25, -0.2) is 0 Å². The van der Waals surface area contributed by atoms with E-state index in [0.717, 1.165) is 23.1 Å². The number of aromatic nitrogens is 2. The topological polar surface area (TPSA) is 56.0 Å². The molecule has 118 valence electrons. The number of pyridine rings is 1. The van der Waals surface area contributed by atoms with Gasteiger partial charge in [-0.05, 0) is 36.2 Å². The summed E-state index contributed by atoms with van der Waals surface area (Å²) in [6, 6.07) is 11.5. The van der Waals surface area contributed by atoms with Gasteiger partial charge in [-0.3, -0.25) is 9.59 Å². The molecule has 0 aliphatic carbocycles. The fourth-order valence-electron chi connectivity index (χ4n) is 2.68. The van der Waals surface area contributed by atoms with Crippen LogP contribution in [0.25, 0.3) is 10.9 Å². The molecule has 0 aliphatic heterocycles. The van der Waals surface area contributed by atoms with Crippen LogP contribution >= 0.6 is 0 Å². The van der Waals surface area contributed by atoms with Crippen LogP contribution in [0.4, 0.5) is 5.69 Å². The summed E-state index contributed by atoms with van der Waals surface area (Å²) in [4.78, 5) is 24.7. The summed E-state index contributed by atoms with van der Waals surface area (Å²) in [7, 11) is 1.82. The van der Waals surface area contributed by atoms with E-state index in [2.05, 4.69) is 12.2 Å². The van der Waals surface area contributed by atoms with Gasteiger partial charge in [0.25, 0.3) is 5.56 Å². The quantitative estimate of drug-likeness (QED) is 0.805. The third-order valence-corrected chi connectivity index (χ3v) is 3.93. The molecular weight excluding hydrogens is 290 g/mol. The van der Waals surface area contributed by atoms with Crippen LogP contribution in [0.1, 0.15) is 12.5 Å². The van der Waals surface area contributed by atoms with Crippen molar-refractivity contribution in [2.24, 2.45) is 7.05 Å². The molecule has 5 nitrogen and oxygen atoms in total. The number of nitrogens with zero attached hydrogens (tertiary/aromatic N) is 2. The van der Waals surface area contributed by atoms with Crippen molar-refractivity contribution in [2.45, 2.75) is 19.9 Å². The van der Waals surface area contributed by atoms with Crippen molar-refractivity contribution in [3.8, 4) is 0 Å². The van der Waals surface area contributed by atoms with Gasteiger partial charge in [-0.15, -0.1) is 0 Å². The molecule has 5 heteroatoms. The normalized spacial score (nSPS) is 10.9. The lowest BCUT2D eigenvalue weighted by Gasteiger charge is -2.09. The van der Waals surface area contributed by atoms with Gasteiger partial charge >= 0.3 is 0 Å². The zero-order chi connectivity index (χ0) is 16.4. The average Bonchev–Trinajstić information content (AvgIpc) is 2.92. The van der Waals surface area contributed by atoms with Crippen LogP contribution in [0, 0.1) is 0 Å². The highest BCUT2D eigenvalue weighted by Crippen LogP contribution is 2.12. The molecule has 3 rings (SSSR count). The summed E-state index contributed by atoms with van der Waals surface area (Å²) in [6.07, 6.45) is 4.41. The number of anilines is 1. The summed E-state index contributed by atoms with van der Waals surface area (Å²) < 4.78 is 3.21. The number of fused-ring (bicyclic) bond motifs is 1. The number of benzene rings is 1. The first-order valence-corrected chi connectivity index (χ1v) is 7.61. The van der Waals surface area contributed by atoms with E-state index in [-0.39, 0.29) is 18.0 Å². The Morgan fingerprint density at radius 1 is 1.17 bits per heavy atom. The summed E-state index contributed by atoms with van der Waals surface area (Å²) in [5.41, 5.74) is 2.35. The maximum absolute atomic E-state index is 12.5. The minimum Gasteiger partial charge on any atom is -0.346 e. The van der Waals surface area contributed by atoms with E-state index in [1.54, 1.807) is 10.8 Å². The lowest BCUT2D eigenvalue weighted by atomic mass is 10.1. The van der Waals surface area contributed by atoms with Crippen LogP contribution in [-0.4, -0.2) is 15.0 Å². The Bertz CT molecular complexity index is 921. The highest BCUT2D eigenvalue weighted by molar-refractivity contribution is 5.90. The SMILES string of the molecule is CCc1cccc(NC(=O)Cn2ccc3ccn(C)c3c2=O)c1. The third kappa shape index (κ3) is 3.04. The first-order chi connectivity index (χ1) is 11.1. The number of carbonyl (C=O) groups excluding carboxylic acids is 1. The number of rotatable bonds is 4. The molecule has 1 aromatic carbocycles. The highest BCUT2D eigenvalue weighted by atomic mass is 16.2. The smallest absolute Gasteiger partial charge is 0.275 e. The Morgan fingerprint density at radius 2 is 1.96 bits per heavy atom. The molecule has 0 spiro atoms. The molecule has 0 atom stereocenters. The predicted octanol–water partition coefficient (Wildman–Crippen LogP) is 2.54. The maximum atomic E-state index is 12.5. The second kappa shape index (κ2) is 6.12. The standard InChI is InChI=1S/C18H19N3O2/c1-3-13-5-4-6-15(11-13)19-16(22)12-21-10-8-14-7-9-20(2)17(14)18(21)23/h4-11H,3,12H2,1-2H3,(H,19,22). The van der Waals surface area contributed by atoms with Crippen LogP contribution in [0.2, 0.25) is 0 Å². The van der Waals surface area contributed by atoms with Gasteiger partial charge in [-0.1, -0.05) is 19.1 Å². The first-order valence-electron chi connectivity index (χ1n) is 7.61. The van der Waals surface area contributed by atoms with Gasteiger partial charge in [-0.2, -0.15) is 0 Å². The second-order valence-electron chi connectivity index (χ2n) is 5.58. The van der Waals surface area contributed by atoms with Crippen molar-refractivity contribution in [3.63, 3.8) is 0 Å². The first kappa shape index (κ1) is 15.1. The van der Waals surface area contributed by atoms with E-state index in [1.165, 1.54) is 4.57 Å². The van der Waals surface area contributed by atoms with Gasteiger partial charge in [0.1, 0.15) is 12.1 Å². The maximum Gasteiger partial charge on any atom is 0.275 e. The summed E-state index contributed by atoms with van der Waals surface area (Å²) in [6.45, 7) is 2.06. The van der Waals surface area contributed by atoms with Crippen LogP contribution in [0.5, 0.6) is 0 Å². The molecule has 2 heterocycles. The third-order valence-electron chi connectivity index (χ3n) is 3.93.